The summed E-state index contributed by atoms with van der Waals surface area (Å²) in [5.41, 5.74) is 0.390. The number of nitrogens with zero attached hydrogens (tertiary/aromatic N) is 2. The lowest BCUT2D eigenvalue weighted by Crippen LogP contribution is -2.35. The molecule has 2 heterocycles. The molecule has 2 atom stereocenters. The number of fused-ring (bicyclic) bond motifs is 1. The van der Waals surface area contributed by atoms with E-state index in [1.807, 2.05) is 0 Å². The van der Waals surface area contributed by atoms with Crippen LogP contribution in [0.4, 0.5) is 29.1 Å². The number of anilines is 2. The summed E-state index contributed by atoms with van der Waals surface area (Å²) in [4.78, 5) is 12.6. The van der Waals surface area contributed by atoms with E-state index >= 15 is 0 Å². The first kappa shape index (κ1) is 21.5. The van der Waals surface area contributed by atoms with Gasteiger partial charge in [0.1, 0.15) is 16.7 Å². The summed E-state index contributed by atoms with van der Waals surface area (Å²) in [6.45, 7) is 0. The standard InChI is InChI=1S/C20H14Cl2F4N4O/c21-12-8-11(6-7-13(12)23)27-19(31)17-16(22)18-28-14(10-4-2-1-3-5-10)9-15(20(24,25)26)30(18)29-17/h1-8,14-15,28H,9H2,(H,27,31)/t14-,15-/m1/s1. The van der Waals surface area contributed by atoms with E-state index < -0.39 is 35.7 Å². The van der Waals surface area contributed by atoms with Gasteiger partial charge in [0.25, 0.3) is 5.91 Å². The van der Waals surface area contributed by atoms with Crippen LogP contribution < -0.4 is 10.6 Å². The number of amides is 1. The molecule has 1 aliphatic rings. The van der Waals surface area contributed by atoms with Gasteiger partial charge in [-0.05, 0) is 23.8 Å². The van der Waals surface area contributed by atoms with Crippen LogP contribution in [0.15, 0.2) is 48.5 Å². The molecule has 0 saturated carbocycles. The second-order valence-corrected chi connectivity index (χ2v) is 7.72. The minimum atomic E-state index is -4.61. The van der Waals surface area contributed by atoms with Gasteiger partial charge in [0.05, 0.1) is 11.1 Å². The molecule has 0 radical (unpaired) electrons. The highest BCUT2D eigenvalue weighted by molar-refractivity contribution is 6.36. The van der Waals surface area contributed by atoms with E-state index in [1.54, 1.807) is 30.3 Å². The van der Waals surface area contributed by atoms with Crippen LogP contribution >= 0.6 is 23.2 Å². The predicted molar refractivity (Wildman–Crippen MR) is 109 cm³/mol. The van der Waals surface area contributed by atoms with Crippen molar-refractivity contribution >= 4 is 40.6 Å². The first-order chi connectivity index (χ1) is 14.6. The minimum Gasteiger partial charge on any atom is -0.362 e. The highest BCUT2D eigenvalue weighted by Crippen LogP contribution is 2.46. The fourth-order valence-corrected chi connectivity index (χ4v) is 3.85. The van der Waals surface area contributed by atoms with Crippen LogP contribution in [0.5, 0.6) is 0 Å². The van der Waals surface area contributed by atoms with E-state index in [1.165, 1.54) is 12.1 Å². The lowest BCUT2D eigenvalue weighted by atomic mass is 9.97. The van der Waals surface area contributed by atoms with Gasteiger partial charge >= 0.3 is 6.18 Å². The smallest absolute Gasteiger partial charge is 0.362 e. The van der Waals surface area contributed by atoms with Crippen LogP contribution in [0.1, 0.15) is 34.6 Å². The fraction of sp³-hybridized carbons (Fsp3) is 0.200. The number of hydrogen-bond donors (Lipinski definition) is 2. The molecule has 1 amide bonds. The molecule has 31 heavy (non-hydrogen) atoms. The maximum absolute atomic E-state index is 13.8. The lowest BCUT2D eigenvalue weighted by molar-refractivity contribution is -0.173. The third-order valence-electron chi connectivity index (χ3n) is 4.89. The molecule has 0 aliphatic carbocycles. The van der Waals surface area contributed by atoms with E-state index in [-0.39, 0.29) is 28.0 Å². The highest BCUT2D eigenvalue weighted by Gasteiger charge is 2.47. The van der Waals surface area contributed by atoms with Crippen LogP contribution in [0.3, 0.4) is 0 Å². The third-order valence-corrected chi connectivity index (χ3v) is 5.54. The van der Waals surface area contributed by atoms with Crippen LogP contribution in [0.2, 0.25) is 10.0 Å². The normalized spacial score (nSPS) is 18.3. The van der Waals surface area contributed by atoms with Gasteiger partial charge in [-0.25, -0.2) is 9.07 Å². The van der Waals surface area contributed by atoms with Crippen LogP contribution in [-0.4, -0.2) is 21.9 Å². The SMILES string of the molecule is O=C(Nc1ccc(F)c(Cl)c1)c1nn2c(c1Cl)N[C@@H](c1ccccc1)C[C@@H]2C(F)(F)F. The van der Waals surface area contributed by atoms with Crippen molar-refractivity contribution in [3.8, 4) is 0 Å². The first-order valence-electron chi connectivity index (χ1n) is 9.07. The maximum atomic E-state index is 13.8. The molecule has 4 rings (SSSR count). The summed E-state index contributed by atoms with van der Waals surface area (Å²) >= 11 is 12.0. The number of hydrogen-bond acceptors (Lipinski definition) is 3. The predicted octanol–water partition coefficient (Wildman–Crippen LogP) is 6.24. The van der Waals surface area contributed by atoms with Crippen molar-refractivity contribution in [3.05, 3.63) is 75.7 Å². The van der Waals surface area contributed by atoms with Gasteiger partial charge in [-0.2, -0.15) is 18.3 Å². The monoisotopic (exact) mass is 472 g/mol. The van der Waals surface area contributed by atoms with Crippen LogP contribution in [-0.2, 0) is 0 Å². The Morgan fingerprint density at radius 2 is 1.87 bits per heavy atom. The lowest BCUT2D eigenvalue weighted by Gasteiger charge is -2.33. The Morgan fingerprint density at radius 3 is 2.52 bits per heavy atom. The van der Waals surface area contributed by atoms with Crippen molar-refractivity contribution in [1.29, 1.82) is 0 Å². The second kappa shape index (κ2) is 8.05. The van der Waals surface area contributed by atoms with Crippen molar-refractivity contribution in [1.82, 2.24) is 9.78 Å². The molecule has 5 nitrogen and oxygen atoms in total. The summed E-state index contributed by atoms with van der Waals surface area (Å²) in [5, 5.41) is 8.74. The molecule has 0 fully saturated rings. The average molecular weight is 473 g/mol. The number of rotatable bonds is 3. The van der Waals surface area contributed by atoms with Gasteiger partial charge in [0, 0.05) is 12.1 Å². The fourth-order valence-electron chi connectivity index (χ4n) is 3.40. The van der Waals surface area contributed by atoms with Gasteiger partial charge < -0.3 is 10.6 Å². The van der Waals surface area contributed by atoms with E-state index in [0.717, 1.165) is 6.07 Å². The van der Waals surface area contributed by atoms with E-state index in [9.17, 15) is 22.4 Å². The van der Waals surface area contributed by atoms with Crippen molar-refractivity contribution in [2.75, 3.05) is 10.6 Å². The summed E-state index contributed by atoms with van der Waals surface area (Å²) in [6, 6.07) is 9.42. The minimum absolute atomic E-state index is 0.105. The number of aromatic nitrogens is 2. The molecule has 0 spiro atoms. The molecule has 0 unspecified atom stereocenters. The molecule has 2 N–H and O–H groups in total. The Bertz CT molecular complexity index is 1130. The van der Waals surface area contributed by atoms with E-state index in [0.29, 0.717) is 10.2 Å². The van der Waals surface area contributed by atoms with Crippen LogP contribution in [0, 0.1) is 5.82 Å². The largest absolute Gasteiger partial charge is 0.410 e. The number of halogens is 6. The number of alkyl halides is 3. The van der Waals surface area contributed by atoms with E-state index in [4.69, 9.17) is 23.2 Å². The Kier molecular flexibility index (Phi) is 5.57. The van der Waals surface area contributed by atoms with Crippen molar-refractivity contribution in [2.45, 2.75) is 24.7 Å². The van der Waals surface area contributed by atoms with Gasteiger partial charge in [-0.3, -0.25) is 4.79 Å². The van der Waals surface area contributed by atoms with Gasteiger partial charge in [0.15, 0.2) is 11.7 Å². The maximum Gasteiger partial charge on any atom is 0.410 e. The molecule has 162 valence electrons. The van der Waals surface area contributed by atoms with Crippen molar-refractivity contribution < 1.29 is 22.4 Å². The summed E-state index contributed by atoms with van der Waals surface area (Å²) < 4.78 is 55.4. The zero-order valence-electron chi connectivity index (χ0n) is 15.6. The number of carbonyl (C=O) groups is 1. The molecular weight excluding hydrogens is 459 g/mol. The summed E-state index contributed by atoms with van der Waals surface area (Å²) in [5.74, 6) is -1.64. The Morgan fingerprint density at radius 1 is 1.16 bits per heavy atom. The molecule has 11 heteroatoms. The van der Waals surface area contributed by atoms with Gasteiger partial charge in [0.2, 0.25) is 0 Å². The number of benzene rings is 2. The zero-order valence-corrected chi connectivity index (χ0v) is 17.1. The molecule has 1 aliphatic heterocycles. The Labute approximate surface area is 184 Å². The van der Waals surface area contributed by atoms with Crippen molar-refractivity contribution in [2.24, 2.45) is 0 Å². The van der Waals surface area contributed by atoms with E-state index in [2.05, 4.69) is 15.7 Å². The Hall–Kier alpha value is -2.78. The molecular formula is C20H14Cl2F4N4O. The number of carbonyl (C=O) groups excluding carboxylic acids is 1. The number of nitrogens with one attached hydrogen (secondary N) is 2. The zero-order chi connectivity index (χ0) is 22.3. The molecule has 0 bridgehead atoms. The second-order valence-electron chi connectivity index (χ2n) is 6.94. The van der Waals surface area contributed by atoms with Gasteiger partial charge in [-0.15, -0.1) is 0 Å². The first-order valence-corrected chi connectivity index (χ1v) is 9.83. The summed E-state index contributed by atoms with van der Waals surface area (Å²) in [7, 11) is 0. The molecule has 0 saturated heterocycles. The molecule has 1 aromatic heterocycles. The molecule has 2 aromatic carbocycles. The third kappa shape index (κ3) is 4.20. The Balaban J connectivity index is 1.69. The molecule has 3 aromatic rings. The summed E-state index contributed by atoms with van der Waals surface area (Å²) in [6.07, 6.45) is -4.94. The average Bonchev–Trinajstić information content (AvgIpc) is 3.06. The van der Waals surface area contributed by atoms with Crippen molar-refractivity contribution in [3.63, 3.8) is 0 Å². The topological polar surface area (TPSA) is 59.0 Å². The quantitative estimate of drug-likeness (QED) is 0.443. The van der Waals surface area contributed by atoms with Crippen LogP contribution in [0.25, 0.3) is 0 Å². The highest BCUT2D eigenvalue weighted by atomic mass is 35.5. The van der Waals surface area contributed by atoms with Gasteiger partial charge in [-0.1, -0.05) is 53.5 Å².